The van der Waals surface area contributed by atoms with Crippen LogP contribution in [0.2, 0.25) is 0 Å². The molecule has 0 spiro atoms. The van der Waals surface area contributed by atoms with Crippen molar-refractivity contribution in [3.05, 3.63) is 35.0 Å². The van der Waals surface area contributed by atoms with Crippen molar-refractivity contribution in [1.82, 2.24) is 14.5 Å². The predicted molar refractivity (Wildman–Crippen MR) is 63.5 cm³/mol. The first-order valence-electron chi connectivity index (χ1n) is 4.95. The number of hydrogen-bond donors (Lipinski definition) is 3. The van der Waals surface area contributed by atoms with E-state index in [-0.39, 0.29) is 17.4 Å². The fourth-order valence-corrected chi connectivity index (χ4v) is 1.34. The van der Waals surface area contributed by atoms with Gasteiger partial charge in [-0.15, -0.1) is 0 Å². The van der Waals surface area contributed by atoms with E-state index in [0.717, 1.165) is 9.58 Å². The van der Waals surface area contributed by atoms with Crippen LogP contribution in [0.3, 0.4) is 0 Å². The second-order valence-electron chi connectivity index (χ2n) is 3.59. The highest BCUT2D eigenvalue weighted by molar-refractivity contribution is 5.47. The summed E-state index contributed by atoms with van der Waals surface area (Å²) in [5.41, 5.74) is -0.260. The van der Waals surface area contributed by atoms with Crippen molar-refractivity contribution in [3.63, 3.8) is 0 Å². The van der Waals surface area contributed by atoms with Crippen LogP contribution in [0.25, 0.3) is 5.69 Å². The van der Waals surface area contributed by atoms with Crippen LogP contribution in [0.15, 0.2) is 29.3 Å². The molecule has 0 fully saturated rings. The first-order valence-corrected chi connectivity index (χ1v) is 4.95. The maximum atomic E-state index is 11.7. The van der Waals surface area contributed by atoms with Gasteiger partial charge in [-0.2, -0.15) is 4.98 Å². The molecule has 0 radical (unpaired) electrons. The first kappa shape index (κ1) is 11.9. The maximum Gasteiger partial charge on any atom is 0.356 e. The molecular formula is C10H11N5O3. The van der Waals surface area contributed by atoms with Crippen LogP contribution >= 0.6 is 0 Å². The van der Waals surface area contributed by atoms with Crippen LogP contribution in [0.4, 0.5) is 5.95 Å². The minimum absolute atomic E-state index is 0.0826. The fourth-order valence-electron chi connectivity index (χ4n) is 1.34. The number of hydrazine groups is 1. The molecule has 0 amide bonds. The van der Waals surface area contributed by atoms with Crippen molar-refractivity contribution < 1.29 is 10.2 Å². The van der Waals surface area contributed by atoms with E-state index in [1.807, 2.05) is 0 Å². The third kappa shape index (κ3) is 2.09. The number of nitrogens with two attached hydrogens (primary N) is 1. The van der Waals surface area contributed by atoms with E-state index < -0.39 is 5.69 Å². The lowest BCUT2D eigenvalue weighted by Crippen LogP contribution is -2.32. The Morgan fingerprint density at radius 3 is 2.61 bits per heavy atom. The van der Waals surface area contributed by atoms with Gasteiger partial charge < -0.3 is 10.2 Å². The monoisotopic (exact) mass is 249 g/mol. The molecule has 8 heteroatoms. The van der Waals surface area contributed by atoms with E-state index in [9.17, 15) is 15.0 Å². The number of rotatable bonds is 2. The van der Waals surface area contributed by atoms with Gasteiger partial charge in [0.25, 0.3) is 0 Å². The van der Waals surface area contributed by atoms with E-state index in [1.165, 1.54) is 31.6 Å². The van der Waals surface area contributed by atoms with Gasteiger partial charge >= 0.3 is 5.69 Å². The largest absolute Gasteiger partial charge is 0.504 e. The number of aromatic hydroxyl groups is 2. The molecule has 0 saturated heterocycles. The Balaban J connectivity index is 2.51. The lowest BCUT2D eigenvalue weighted by Gasteiger charge is -2.10. The molecule has 0 bridgehead atoms. The summed E-state index contributed by atoms with van der Waals surface area (Å²) < 4.78 is 1.12. The van der Waals surface area contributed by atoms with Crippen molar-refractivity contribution in [2.24, 2.45) is 5.84 Å². The molecule has 94 valence electrons. The topological polar surface area (TPSA) is 118 Å². The Bertz CT molecular complexity index is 638. The summed E-state index contributed by atoms with van der Waals surface area (Å²) in [4.78, 5) is 19.3. The number of benzene rings is 1. The van der Waals surface area contributed by atoms with Crippen LogP contribution in [0, 0.1) is 0 Å². The standard InChI is InChI=1S/C10H11N5O3/c1-14(11)9-12-5-15(10(18)13-9)6-2-3-7(16)8(17)4-6/h2-5,16-17H,11H2,1H3. The molecule has 1 aromatic heterocycles. The second-order valence-corrected chi connectivity index (χ2v) is 3.59. The number of phenols is 2. The molecule has 2 aromatic rings. The van der Waals surface area contributed by atoms with Crippen LogP contribution < -0.4 is 16.5 Å². The van der Waals surface area contributed by atoms with Crippen molar-refractivity contribution in [1.29, 1.82) is 0 Å². The summed E-state index contributed by atoms with van der Waals surface area (Å²) in [7, 11) is 1.51. The summed E-state index contributed by atoms with van der Waals surface area (Å²) in [6, 6.07) is 3.94. The zero-order valence-electron chi connectivity index (χ0n) is 9.48. The van der Waals surface area contributed by atoms with Crippen molar-refractivity contribution in [2.75, 3.05) is 12.1 Å². The fraction of sp³-hybridized carbons (Fsp3) is 0.100. The van der Waals surface area contributed by atoms with E-state index in [0.29, 0.717) is 5.69 Å². The quantitative estimate of drug-likeness (QED) is 0.367. The average molecular weight is 249 g/mol. The molecule has 1 heterocycles. The Kier molecular flexibility index (Phi) is 2.86. The molecule has 2 rings (SSSR count). The van der Waals surface area contributed by atoms with Gasteiger partial charge in [0.2, 0.25) is 5.95 Å². The Hall–Kier alpha value is -2.61. The molecular weight excluding hydrogens is 238 g/mol. The Labute approximate surface area is 102 Å². The van der Waals surface area contributed by atoms with Crippen LogP contribution in [-0.4, -0.2) is 31.8 Å². The normalized spacial score (nSPS) is 10.3. The number of hydrogen-bond acceptors (Lipinski definition) is 7. The van der Waals surface area contributed by atoms with Gasteiger partial charge in [-0.25, -0.2) is 15.6 Å². The number of nitrogens with zero attached hydrogens (tertiary/aromatic N) is 4. The van der Waals surface area contributed by atoms with Gasteiger partial charge in [0.1, 0.15) is 6.33 Å². The van der Waals surface area contributed by atoms with Crippen LogP contribution in [0.5, 0.6) is 11.5 Å². The summed E-state index contributed by atoms with van der Waals surface area (Å²) in [5.74, 6) is 4.88. The van der Waals surface area contributed by atoms with E-state index in [2.05, 4.69) is 9.97 Å². The molecule has 0 aliphatic heterocycles. The highest BCUT2D eigenvalue weighted by atomic mass is 16.3. The molecule has 1 aromatic carbocycles. The summed E-state index contributed by atoms with van der Waals surface area (Å²) in [5, 5.41) is 19.7. The third-order valence-electron chi connectivity index (χ3n) is 2.24. The van der Waals surface area contributed by atoms with Gasteiger partial charge in [0.15, 0.2) is 11.5 Å². The zero-order valence-corrected chi connectivity index (χ0v) is 9.48. The van der Waals surface area contributed by atoms with Gasteiger partial charge in [-0.05, 0) is 12.1 Å². The molecule has 0 aliphatic rings. The minimum Gasteiger partial charge on any atom is -0.504 e. The van der Waals surface area contributed by atoms with Gasteiger partial charge in [-0.3, -0.25) is 9.58 Å². The van der Waals surface area contributed by atoms with Crippen molar-refractivity contribution >= 4 is 5.95 Å². The van der Waals surface area contributed by atoms with Crippen molar-refractivity contribution in [3.8, 4) is 17.2 Å². The van der Waals surface area contributed by atoms with E-state index in [4.69, 9.17) is 5.84 Å². The Morgan fingerprint density at radius 2 is 2.06 bits per heavy atom. The number of anilines is 1. The molecule has 0 atom stereocenters. The van der Waals surface area contributed by atoms with Crippen molar-refractivity contribution in [2.45, 2.75) is 0 Å². The third-order valence-corrected chi connectivity index (χ3v) is 2.24. The molecule has 0 saturated carbocycles. The predicted octanol–water partition coefficient (Wildman–Crippen LogP) is -0.651. The zero-order chi connectivity index (χ0) is 13.3. The summed E-state index contributed by atoms with van der Waals surface area (Å²) >= 11 is 0. The van der Waals surface area contributed by atoms with Gasteiger partial charge in [0, 0.05) is 13.1 Å². The highest BCUT2D eigenvalue weighted by Gasteiger charge is 2.07. The van der Waals surface area contributed by atoms with E-state index >= 15 is 0 Å². The summed E-state index contributed by atoms with van der Waals surface area (Å²) in [6.07, 6.45) is 1.24. The SMILES string of the molecule is CN(N)c1ncn(-c2ccc(O)c(O)c2)c(=O)n1. The average Bonchev–Trinajstić information content (AvgIpc) is 2.32. The molecule has 0 unspecified atom stereocenters. The van der Waals surface area contributed by atoms with Gasteiger partial charge in [-0.1, -0.05) is 0 Å². The summed E-state index contributed by atoms with van der Waals surface area (Å²) in [6.45, 7) is 0. The van der Waals surface area contributed by atoms with Gasteiger partial charge in [0.05, 0.1) is 5.69 Å². The lowest BCUT2D eigenvalue weighted by molar-refractivity contribution is 0.403. The Morgan fingerprint density at radius 1 is 1.33 bits per heavy atom. The highest BCUT2D eigenvalue weighted by Crippen LogP contribution is 2.25. The van der Waals surface area contributed by atoms with Crippen LogP contribution in [0.1, 0.15) is 0 Å². The molecule has 4 N–H and O–H groups in total. The number of phenolic OH excluding ortho intramolecular Hbond substituents is 2. The molecule has 8 nitrogen and oxygen atoms in total. The smallest absolute Gasteiger partial charge is 0.356 e. The molecule has 18 heavy (non-hydrogen) atoms. The lowest BCUT2D eigenvalue weighted by atomic mass is 10.3. The minimum atomic E-state index is -0.595. The first-order chi connectivity index (χ1) is 8.49. The van der Waals surface area contributed by atoms with E-state index in [1.54, 1.807) is 0 Å². The second kappa shape index (κ2) is 4.34. The maximum absolute atomic E-state index is 11.7. The van der Waals surface area contributed by atoms with Crippen LogP contribution in [-0.2, 0) is 0 Å². The number of aromatic nitrogens is 3. The molecule has 0 aliphatic carbocycles.